The van der Waals surface area contributed by atoms with E-state index >= 15 is 0 Å². The number of carbonyl (C=O) groups excluding carboxylic acids is 1. The fourth-order valence-corrected chi connectivity index (χ4v) is 3.46. The van der Waals surface area contributed by atoms with Crippen LogP contribution in [0.3, 0.4) is 0 Å². The van der Waals surface area contributed by atoms with E-state index in [0.29, 0.717) is 11.4 Å². The molecule has 2 aromatic rings. The SMILES string of the molecule is COc1cc(S(=O)(=O)Nc2ccc(C(C)(C)C)cc2)ccc1NC(C)=O. The molecule has 0 aromatic heterocycles. The Morgan fingerprint density at radius 3 is 2.15 bits per heavy atom. The first-order valence-electron chi connectivity index (χ1n) is 8.12. The summed E-state index contributed by atoms with van der Waals surface area (Å²) in [4.78, 5) is 11.2. The summed E-state index contributed by atoms with van der Waals surface area (Å²) in [6, 6.07) is 11.6. The van der Waals surface area contributed by atoms with Gasteiger partial charge in [-0.1, -0.05) is 32.9 Å². The van der Waals surface area contributed by atoms with Gasteiger partial charge >= 0.3 is 0 Å². The van der Waals surface area contributed by atoms with Crippen LogP contribution in [0.25, 0.3) is 0 Å². The van der Waals surface area contributed by atoms with E-state index in [1.54, 1.807) is 12.1 Å². The van der Waals surface area contributed by atoms with Gasteiger partial charge in [-0.3, -0.25) is 9.52 Å². The number of anilines is 2. The third-order valence-electron chi connectivity index (χ3n) is 3.80. The predicted molar refractivity (Wildman–Crippen MR) is 103 cm³/mol. The van der Waals surface area contributed by atoms with Gasteiger partial charge in [0.1, 0.15) is 5.75 Å². The quantitative estimate of drug-likeness (QED) is 0.832. The molecule has 0 fully saturated rings. The molecule has 140 valence electrons. The Morgan fingerprint density at radius 2 is 1.65 bits per heavy atom. The minimum Gasteiger partial charge on any atom is -0.495 e. The van der Waals surface area contributed by atoms with Crippen LogP contribution in [0.5, 0.6) is 5.75 Å². The van der Waals surface area contributed by atoms with Crippen molar-refractivity contribution < 1.29 is 17.9 Å². The summed E-state index contributed by atoms with van der Waals surface area (Å²) in [6.45, 7) is 7.65. The van der Waals surface area contributed by atoms with Crippen molar-refractivity contribution in [3.63, 3.8) is 0 Å². The first-order chi connectivity index (χ1) is 12.0. The molecule has 0 heterocycles. The second-order valence-electron chi connectivity index (χ2n) is 6.98. The normalized spacial score (nSPS) is 11.7. The van der Waals surface area contributed by atoms with Gasteiger partial charge in [-0.2, -0.15) is 0 Å². The summed E-state index contributed by atoms with van der Waals surface area (Å²) >= 11 is 0. The summed E-state index contributed by atoms with van der Waals surface area (Å²) in [5.41, 5.74) is 1.99. The van der Waals surface area contributed by atoms with Crippen molar-refractivity contribution in [2.75, 3.05) is 17.1 Å². The second-order valence-corrected chi connectivity index (χ2v) is 8.66. The number of hydrogen-bond donors (Lipinski definition) is 2. The maximum Gasteiger partial charge on any atom is 0.262 e. The first-order valence-corrected chi connectivity index (χ1v) is 9.60. The fourth-order valence-electron chi connectivity index (χ4n) is 2.38. The van der Waals surface area contributed by atoms with E-state index < -0.39 is 10.0 Å². The molecule has 0 bridgehead atoms. The van der Waals surface area contributed by atoms with Crippen LogP contribution in [0, 0.1) is 0 Å². The van der Waals surface area contributed by atoms with Gasteiger partial charge in [0, 0.05) is 18.7 Å². The number of ether oxygens (including phenoxy) is 1. The standard InChI is InChI=1S/C19H24N2O4S/c1-13(22)20-17-11-10-16(12-18(17)25-5)26(23,24)21-15-8-6-14(7-9-15)19(2,3)4/h6-12,21H,1-5H3,(H,20,22). The molecule has 0 spiro atoms. The maximum absolute atomic E-state index is 12.6. The van der Waals surface area contributed by atoms with Crippen LogP contribution < -0.4 is 14.8 Å². The number of methoxy groups -OCH3 is 1. The average molecular weight is 376 g/mol. The van der Waals surface area contributed by atoms with Crippen molar-refractivity contribution in [2.45, 2.75) is 38.0 Å². The Labute approximate surface area is 154 Å². The molecule has 0 aliphatic carbocycles. The Hall–Kier alpha value is -2.54. The number of amides is 1. The molecule has 0 unspecified atom stereocenters. The van der Waals surface area contributed by atoms with Crippen LogP contribution in [0.4, 0.5) is 11.4 Å². The van der Waals surface area contributed by atoms with Crippen LogP contribution in [0.1, 0.15) is 33.3 Å². The zero-order valence-corrected chi connectivity index (χ0v) is 16.4. The predicted octanol–water partition coefficient (Wildman–Crippen LogP) is 3.75. The van der Waals surface area contributed by atoms with Crippen LogP contribution in [-0.4, -0.2) is 21.4 Å². The van der Waals surface area contributed by atoms with E-state index in [1.165, 1.54) is 32.2 Å². The van der Waals surface area contributed by atoms with Gasteiger partial charge < -0.3 is 10.1 Å². The van der Waals surface area contributed by atoms with Gasteiger partial charge in [0.05, 0.1) is 17.7 Å². The summed E-state index contributed by atoms with van der Waals surface area (Å²) < 4.78 is 33.0. The van der Waals surface area contributed by atoms with Crippen LogP contribution in [0.15, 0.2) is 47.4 Å². The molecule has 2 N–H and O–H groups in total. The molecule has 6 nitrogen and oxygen atoms in total. The van der Waals surface area contributed by atoms with E-state index in [4.69, 9.17) is 4.74 Å². The van der Waals surface area contributed by atoms with E-state index in [1.807, 2.05) is 12.1 Å². The third kappa shape index (κ3) is 4.76. The number of carbonyl (C=O) groups is 1. The lowest BCUT2D eigenvalue weighted by Gasteiger charge is -2.19. The van der Waals surface area contributed by atoms with E-state index in [-0.39, 0.29) is 22.0 Å². The molecule has 0 saturated carbocycles. The lowest BCUT2D eigenvalue weighted by molar-refractivity contribution is -0.114. The van der Waals surface area contributed by atoms with E-state index in [0.717, 1.165) is 5.56 Å². The second kappa shape index (κ2) is 7.37. The smallest absolute Gasteiger partial charge is 0.262 e. The van der Waals surface area contributed by atoms with Gasteiger partial charge in [0.25, 0.3) is 10.0 Å². The van der Waals surface area contributed by atoms with Gasteiger partial charge in [0.15, 0.2) is 0 Å². The molecule has 0 atom stereocenters. The monoisotopic (exact) mass is 376 g/mol. The molecule has 0 aliphatic rings. The zero-order valence-electron chi connectivity index (χ0n) is 15.6. The van der Waals surface area contributed by atoms with Crippen molar-refractivity contribution in [2.24, 2.45) is 0 Å². The van der Waals surface area contributed by atoms with E-state index in [2.05, 4.69) is 30.8 Å². The Bertz CT molecular complexity index is 898. The molecule has 0 radical (unpaired) electrons. The molecule has 2 rings (SSSR count). The summed E-state index contributed by atoms with van der Waals surface area (Å²) in [5.74, 6) is 0.00197. The first kappa shape index (κ1) is 19.8. The molecule has 0 aliphatic heterocycles. The molecule has 1 amide bonds. The minimum absolute atomic E-state index is 0.00961. The molecule has 26 heavy (non-hydrogen) atoms. The van der Waals surface area contributed by atoms with Crippen molar-refractivity contribution in [3.8, 4) is 5.75 Å². The van der Waals surface area contributed by atoms with E-state index in [9.17, 15) is 13.2 Å². The average Bonchev–Trinajstić information content (AvgIpc) is 2.53. The van der Waals surface area contributed by atoms with Crippen LogP contribution >= 0.6 is 0 Å². The largest absolute Gasteiger partial charge is 0.495 e. The molecule has 7 heteroatoms. The van der Waals surface area contributed by atoms with Crippen molar-refractivity contribution in [1.82, 2.24) is 0 Å². The Balaban J connectivity index is 2.28. The lowest BCUT2D eigenvalue weighted by atomic mass is 9.87. The highest BCUT2D eigenvalue weighted by molar-refractivity contribution is 7.92. The summed E-state index contributed by atoms with van der Waals surface area (Å²) in [6.07, 6.45) is 0. The number of rotatable bonds is 5. The number of hydrogen-bond acceptors (Lipinski definition) is 4. The highest BCUT2D eigenvalue weighted by Crippen LogP contribution is 2.29. The van der Waals surface area contributed by atoms with Crippen LogP contribution in [-0.2, 0) is 20.2 Å². The third-order valence-corrected chi connectivity index (χ3v) is 5.18. The number of benzene rings is 2. The van der Waals surface area contributed by atoms with Gasteiger partial charge in [-0.15, -0.1) is 0 Å². The zero-order chi connectivity index (χ0) is 19.5. The fraction of sp³-hybridized carbons (Fsp3) is 0.316. The molecular weight excluding hydrogens is 352 g/mol. The molecule has 2 aromatic carbocycles. The van der Waals surface area contributed by atoms with Gasteiger partial charge in [0.2, 0.25) is 5.91 Å². The highest BCUT2D eigenvalue weighted by atomic mass is 32.2. The molecule has 0 saturated heterocycles. The Kier molecular flexibility index (Phi) is 5.61. The maximum atomic E-state index is 12.6. The lowest BCUT2D eigenvalue weighted by Crippen LogP contribution is -2.15. The summed E-state index contributed by atoms with van der Waals surface area (Å²) in [7, 11) is -2.37. The van der Waals surface area contributed by atoms with Crippen molar-refractivity contribution in [3.05, 3.63) is 48.0 Å². The highest BCUT2D eigenvalue weighted by Gasteiger charge is 2.18. The number of sulfonamides is 1. The topological polar surface area (TPSA) is 84.5 Å². The van der Waals surface area contributed by atoms with Gasteiger partial charge in [-0.25, -0.2) is 8.42 Å². The van der Waals surface area contributed by atoms with Crippen molar-refractivity contribution in [1.29, 1.82) is 0 Å². The summed E-state index contributed by atoms with van der Waals surface area (Å²) in [5, 5.41) is 2.59. The van der Waals surface area contributed by atoms with Crippen LogP contribution in [0.2, 0.25) is 0 Å². The number of nitrogens with one attached hydrogen (secondary N) is 2. The minimum atomic E-state index is -3.78. The Morgan fingerprint density at radius 1 is 1.04 bits per heavy atom. The van der Waals surface area contributed by atoms with Crippen molar-refractivity contribution >= 4 is 27.3 Å². The molecular formula is C19H24N2O4S. The van der Waals surface area contributed by atoms with Gasteiger partial charge in [-0.05, 0) is 35.2 Å².